The second-order valence-electron chi connectivity index (χ2n) is 9.89. The van der Waals surface area contributed by atoms with Gasteiger partial charge in [-0.1, -0.05) is 0 Å². The minimum atomic E-state index is -5.71. The molecule has 2 aromatic heterocycles. The van der Waals surface area contributed by atoms with Gasteiger partial charge in [0.2, 0.25) is 0 Å². The molecule has 0 unspecified atom stereocenters. The van der Waals surface area contributed by atoms with Crippen LogP contribution in [0.2, 0.25) is 0 Å². The number of rotatable bonds is 9. The van der Waals surface area contributed by atoms with Crippen molar-refractivity contribution in [1.29, 1.82) is 0 Å². The van der Waals surface area contributed by atoms with Crippen molar-refractivity contribution in [2.24, 2.45) is 0 Å². The molecule has 1 N–H and O–H groups in total. The fourth-order valence-electron chi connectivity index (χ4n) is 4.80. The lowest BCUT2D eigenvalue weighted by Crippen LogP contribution is -2.48. The van der Waals surface area contributed by atoms with E-state index in [1.807, 2.05) is 0 Å². The van der Waals surface area contributed by atoms with Crippen molar-refractivity contribution in [2.75, 3.05) is 0 Å². The first-order valence-electron chi connectivity index (χ1n) is 12.9. The zero-order chi connectivity index (χ0) is 32.0. The molecule has 0 aliphatic heterocycles. The molecule has 0 radical (unpaired) electrons. The Balaban J connectivity index is 1.38. The molecule has 0 saturated heterocycles. The summed E-state index contributed by atoms with van der Waals surface area (Å²) in [6.45, 7) is 1.64. The van der Waals surface area contributed by atoms with Gasteiger partial charge in [0.05, 0.1) is 12.2 Å². The first-order chi connectivity index (χ1) is 20.7. The van der Waals surface area contributed by atoms with Crippen LogP contribution in [0.25, 0.3) is 11.1 Å². The molecule has 0 spiro atoms. The first-order valence-corrected chi connectivity index (χ1v) is 14.5. The molecule has 1 aliphatic rings. The number of hydrogen-bond acceptors (Lipinski definition) is 7. The third kappa shape index (κ3) is 5.33. The highest BCUT2D eigenvalue weighted by atomic mass is 32.1. The lowest BCUT2D eigenvalue weighted by molar-refractivity contribution is -0.254. The van der Waals surface area contributed by atoms with Crippen LogP contribution >= 0.6 is 22.7 Å². The fourth-order valence-corrected chi connectivity index (χ4v) is 6.66. The molecule has 0 fully saturated rings. The lowest BCUT2D eigenvalue weighted by Gasteiger charge is -2.25. The van der Waals surface area contributed by atoms with Crippen molar-refractivity contribution in [1.82, 2.24) is 0 Å². The van der Waals surface area contributed by atoms with Crippen LogP contribution in [0.15, 0.2) is 60.7 Å². The summed E-state index contributed by atoms with van der Waals surface area (Å²) >= 11 is 1.68. The molecular formula is C31H22F6O5S2. The van der Waals surface area contributed by atoms with E-state index >= 15 is 17.6 Å². The normalized spacial score (nSPS) is 16.7. The Morgan fingerprint density at radius 3 is 1.75 bits per heavy atom. The number of aryl methyl sites for hydroxylation is 2. The van der Waals surface area contributed by atoms with Crippen LogP contribution in [0.3, 0.4) is 0 Å². The van der Waals surface area contributed by atoms with Gasteiger partial charge >= 0.3 is 23.7 Å². The molecule has 0 amide bonds. The maximum atomic E-state index is 15.2. The Hall–Kier alpha value is -3.94. The highest BCUT2D eigenvalue weighted by Crippen LogP contribution is 2.65. The molecule has 230 valence electrons. The van der Waals surface area contributed by atoms with Crippen LogP contribution in [0.4, 0.5) is 26.3 Å². The maximum Gasteiger partial charge on any atom is 0.380 e. The number of alkyl halides is 6. The number of carbonyl (C=O) groups excluding carboxylic acids is 2. The summed E-state index contributed by atoms with van der Waals surface area (Å²) in [4.78, 5) is 23.9. The molecular weight excluding hydrogens is 630 g/mol. The standard InChI is InChI=1S/C31H22F6O5S2/c1-16-24(11-22(14-39)43-16)26-27(30(34,35)31(36,37)29(26,32)33)25-12-23(44-17(25)2)15-41-28(40)19-5-9-21(10-6-19)42-20-7-3-18(13-38)4-8-20/h3-13,39H,14-15H2,1-2H3. The number of allylic oxidation sites excluding steroid dienone is 2. The molecule has 2 aromatic carbocycles. The molecule has 0 atom stereocenters. The van der Waals surface area contributed by atoms with Crippen LogP contribution in [-0.2, 0) is 18.0 Å². The topological polar surface area (TPSA) is 72.8 Å². The number of halogens is 6. The zero-order valence-corrected chi connectivity index (χ0v) is 24.6. The molecule has 5 nitrogen and oxygen atoms in total. The minimum Gasteiger partial charge on any atom is -0.457 e. The van der Waals surface area contributed by atoms with Gasteiger partial charge in [0, 0.05) is 36.2 Å². The molecule has 0 bridgehead atoms. The van der Waals surface area contributed by atoms with Gasteiger partial charge in [-0.25, -0.2) is 4.79 Å². The summed E-state index contributed by atoms with van der Waals surface area (Å²) in [5.74, 6) is -16.1. The van der Waals surface area contributed by atoms with E-state index in [2.05, 4.69) is 0 Å². The summed E-state index contributed by atoms with van der Waals surface area (Å²) in [6, 6.07) is 14.3. The number of aliphatic hydroxyl groups is 1. The third-order valence-electron chi connectivity index (χ3n) is 6.99. The van der Waals surface area contributed by atoms with Gasteiger partial charge in [-0.3, -0.25) is 4.79 Å². The monoisotopic (exact) mass is 652 g/mol. The molecule has 13 heteroatoms. The van der Waals surface area contributed by atoms with E-state index in [-0.39, 0.29) is 25.1 Å². The smallest absolute Gasteiger partial charge is 0.380 e. The van der Waals surface area contributed by atoms with Crippen molar-refractivity contribution in [3.63, 3.8) is 0 Å². The SMILES string of the molecule is Cc1sc(CO)cc1C1=C(c2cc(COC(=O)c3ccc(Oc4ccc(C=O)cc4)cc3)sc2C)C(F)(F)C(F)(F)C1(F)F. The number of hydrogen-bond donors (Lipinski definition) is 1. The first kappa shape index (κ1) is 31.5. The van der Waals surface area contributed by atoms with Crippen molar-refractivity contribution in [3.8, 4) is 11.5 Å². The van der Waals surface area contributed by atoms with Gasteiger partial charge in [-0.2, -0.15) is 26.3 Å². The van der Waals surface area contributed by atoms with Gasteiger partial charge in [0.15, 0.2) is 0 Å². The van der Waals surface area contributed by atoms with Crippen molar-refractivity contribution in [3.05, 3.63) is 102 Å². The average Bonchev–Trinajstić information content (AvgIpc) is 3.58. The third-order valence-corrected chi connectivity index (χ3v) is 9.05. The predicted octanol–water partition coefficient (Wildman–Crippen LogP) is 8.71. The number of carbonyl (C=O) groups is 2. The second-order valence-corrected chi connectivity index (χ2v) is 12.6. The molecule has 2 heterocycles. The molecule has 44 heavy (non-hydrogen) atoms. The summed E-state index contributed by atoms with van der Waals surface area (Å²) in [5, 5.41) is 9.41. The Morgan fingerprint density at radius 1 is 0.795 bits per heavy atom. The van der Waals surface area contributed by atoms with Crippen molar-refractivity contribution in [2.45, 2.75) is 44.8 Å². The van der Waals surface area contributed by atoms with Gasteiger partial charge in [-0.15, -0.1) is 22.7 Å². The number of thiophene rings is 2. The van der Waals surface area contributed by atoms with E-state index in [0.717, 1.165) is 34.8 Å². The van der Waals surface area contributed by atoms with Gasteiger partial charge in [0.25, 0.3) is 0 Å². The largest absolute Gasteiger partial charge is 0.457 e. The van der Waals surface area contributed by atoms with Gasteiger partial charge in [-0.05, 0) is 85.6 Å². The van der Waals surface area contributed by atoms with Crippen molar-refractivity contribution < 1.29 is 50.5 Å². The van der Waals surface area contributed by atoms with E-state index in [1.54, 1.807) is 24.3 Å². The quantitative estimate of drug-likeness (QED) is 0.111. The average molecular weight is 653 g/mol. The van der Waals surface area contributed by atoms with Crippen molar-refractivity contribution >= 4 is 46.1 Å². The van der Waals surface area contributed by atoms with Crippen LogP contribution < -0.4 is 4.74 Å². The zero-order valence-electron chi connectivity index (χ0n) is 22.9. The summed E-state index contributed by atoms with van der Waals surface area (Å²) in [6.07, 6.45) is 0.693. The van der Waals surface area contributed by atoms with E-state index in [9.17, 15) is 23.5 Å². The Bertz CT molecular complexity index is 1750. The van der Waals surface area contributed by atoms with Gasteiger partial charge in [0.1, 0.15) is 24.4 Å². The van der Waals surface area contributed by atoms with Gasteiger partial charge < -0.3 is 14.6 Å². The molecule has 5 rings (SSSR count). The molecule has 1 aliphatic carbocycles. The van der Waals surface area contributed by atoms with E-state index in [1.165, 1.54) is 38.1 Å². The number of ether oxygens (including phenoxy) is 2. The molecule has 4 aromatic rings. The molecule has 0 saturated carbocycles. The minimum absolute atomic E-state index is 0.0506. The van der Waals surface area contributed by atoms with E-state index in [4.69, 9.17) is 9.47 Å². The maximum absolute atomic E-state index is 15.2. The van der Waals surface area contributed by atoms with Crippen LogP contribution in [0.1, 0.15) is 51.4 Å². The number of aldehydes is 1. The summed E-state index contributed by atoms with van der Waals surface area (Å²) < 4.78 is 101. The van der Waals surface area contributed by atoms with E-state index < -0.39 is 59.2 Å². The lowest BCUT2D eigenvalue weighted by atomic mass is 9.95. The second kappa shape index (κ2) is 11.5. The fraction of sp³-hybridized carbons (Fsp3) is 0.226. The Kier molecular flexibility index (Phi) is 8.25. The number of aliphatic hydroxyl groups excluding tert-OH is 1. The Morgan fingerprint density at radius 2 is 1.27 bits per heavy atom. The van der Waals surface area contributed by atoms with Crippen LogP contribution in [-0.4, -0.2) is 35.1 Å². The Labute approximate surface area is 255 Å². The number of esters is 1. The van der Waals surface area contributed by atoms with E-state index in [0.29, 0.717) is 23.3 Å². The summed E-state index contributed by atoms with van der Waals surface area (Å²) in [5.41, 5.74) is -3.38. The van der Waals surface area contributed by atoms with Crippen LogP contribution in [0.5, 0.6) is 11.5 Å². The van der Waals surface area contributed by atoms with Crippen LogP contribution in [0, 0.1) is 13.8 Å². The predicted molar refractivity (Wildman–Crippen MR) is 153 cm³/mol. The highest BCUT2D eigenvalue weighted by Gasteiger charge is 2.80. The summed E-state index contributed by atoms with van der Waals surface area (Å²) in [7, 11) is 0. The highest BCUT2D eigenvalue weighted by molar-refractivity contribution is 7.12. The number of benzene rings is 2.